The van der Waals surface area contributed by atoms with E-state index in [2.05, 4.69) is 10.6 Å². The van der Waals surface area contributed by atoms with Crippen LogP contribution in [0.2, 0.25) is 5.02 Å². The molecule has 0 saturated carbocycles. The lowest BCUT2D eigenvalue weighted by Crippen LogP contribution is -2.47. The van der Waals surface area contributed by atoms with Gasteiger partial charge in [-0.15, -0.1) is 11.3 Å². The van der Waals surface area contributed by atoms with Crippen LogP contribution in [0, 0.1) is 11.6 Å². The zero-order chi connectivity index (χ0) is 23.4. The van der Waals surface area contributed by atoms with Gasteiger partial charge in [-0.05, 0) is 54.3 Å². The van der Waals surface area contributed by atoms with Crippen molar-refractivity contribution in [3.8, 4) is 0 Å². The fraction of sp³-hybridized carbons (Fsp3) is 0.227. The number of esters is 1. The molecule has 0 fully saturated rings. The molecular weight excluding hydrogens is 462 g/mol. The number of rotatable bonds is 7. The van der Waals surface area contributed by atoms with E-state index in [-0.39, 0.29) is 12.0 Å². The number of nitrogens with one attached hydrogen (secondary N) is 2. The van der Waals surface area contributed by atoms with Gasteiger partial charge in [0, 0.05) is 20.7 Å². The number of fused-ring (bicyclic) bond motifs is 1. The number of benzene rings is 2. The predicted octanol–water partition coefficient (Wildman–Crippen LogP) is 3.91. The topological polar surface area (TPSA) is 84.5 Å². The van der Waals surface area contributed by atoms with Gasteiger partial charge in [0.05, 0.1) is 13.5 Å². The van der Waals surface area contributed by atoms with Gasteiger partial charge in [-0.3, -0.25) is 9.59 Å². The summed E-state index contributed by atoms with van der Waals surface area (Å²) in [5.41, 5.74) is 0.129. The first-order chi connectivity index (χ1) is 15.2. The highest BCUT2D eigenvalue weighted by Crippen LogP contribution is 2.32. The third kappa shape index (κ3) is 5.80. The molecule has 0 bridgehead atoms. The first-order valence-corrected chi connectivity index (χ1v) is 10.7. The van der Waals surface area contributed by atoms with E-state index in [1.165, 1.54) is 25.4 Å². The minimum atomic E-state index is -1.08. The summed E-state index contributed by atoms with van der Waals surface area (Å²) in [6, 6.07) is 7.67. The molecular formula is C22H19ClF2N2O4S. The second-order valence-corrected chi connectivity index (χ2v) is 8.59. The van der Waals surface area contributed by atoms with Crippen LogP contribution in [-0.4, -0.2) is 30.9 Å². The first kappa shape index (κ1) is 23.6. The van der Waals surface area contributed by atoms with Crippen LogP contribution in [0.3, 0.4) is 0 Å². The normalized spacial score (nSPS) is 12.8. The Morgan fingerprint density at radius 1 is 1.06 bits per heavy atom. The SMILES string of the molecule is COC(=O)C(NC(=O)[C@H](C)NC(=O)Cc1cc(F)cc(F)c1)c1cc2cc(Cl)ccc2s1. The maximum atomic E-state index is 13.3. The summed E-state index contributed by atoms with van der Waals surface area (Å²) >= 11 is 7.31. The van der Waals surface area contributed by atoms with Gasteiger partial charge >= 0.3 is 5.97 Å². The van der Waals surface area contributed by atoms with Gasteiger partial charge in [-0.2, -0.15) is 0 Å². The van der Waals surface area contributed by atoms with Crippen molar-refractivity contribution in [2.75, 3.05) is 7.11 Å². The van der Waals surface area contributed by atoms with Crippen molar-refractivity contribution in [3.63, 3.8) is 0 Å². The predicted molar refractivity (Wildman–Crippen MR) is 117 cm³/mol. The Labute approximate surface area is 191 Å². The van der Waals surface area contributed by atoms with Crippen molar-refractivity contribution in [2.24, 2.45) is 0 Å². The standard InChI is InChI=1S/C22H19ClF2N2O4S/c1-11(26-19(28)7-12-5-15(24)10-16(25)6-12)21(29)27-20(22(30)31-2)18-9-13-8-14(23)3-4-17(13)32-18/h3-6,8-11,20H,7H2,1-2H3,(H,26,28)(H,27,29)/t11-,20?/m0/s1. The molecule has 1 aromatic heterocycles. The molecule has 0 aliphatic carbocycles. The summed E-state index contributed by atoms with van der Waals surface area (Å²) in [5, 5.41) is 6.38. The zero-order valence-electron chi connectivity index (χ0n) is 17.1. The smallest absolute Gasteiger partial charge is 0.333 e. The molecule has 6 nitrogen and oxygen atoms in total. The molecule has 168 valence electrons. The van der Waals surface area contributed by atoms with Gasteiger partial charge in [-0.1, -0.05) is 11.6 Å². The van der Waals surface area contributed by atoms with Crippen LogP contribution in [0.25, 0.3) is 10.1 Å². The number of hydrogen-bond acceptors (Lipinski definition) is 5. The molecule has 3 rings (SSSR count). The molecule has 2 atom stereocenters. The van der Waals surface area contributed by atoms with Crippen molar-refractivity contribution in [1.29, 1.82) is 0 Å². The Kier molecular flexibility index (Phi) is 7.42. The number of thiophene rings is 1. The fourth-order valence-electron chi connectivity index (χ4n) is 3.06. The maximum absolute atomic E-state index is 13.3. The molecule has 2 N–H and O–H groups in total. The number of carbonyl (C=O) groups excluding carboxylic acids is 3. The Morgan fingerprint density at radius 3 is 2.41 bits per heavy atom. The molecule has 0 radical (unpaired) electrons. The third-order valence-corrected chi connectivity index (χ3v) is 5.98. The van der Waals surface area contributed by atoms with Crippen molar-refractivity contribution in [1.82, 2.24) is 10.6 Å². The molecule has 32 heavy (non-hydrogen) atoms. The summed E-state index contributed by atoms with van der Waals surface area (Å²) in [6.07, 6.45) is -0.316. The Morgan fingerprint density at radius 2 is 1.75 bits per heavy atom. The van der Waals surface area contributed by atoms with E-state index in [0.29, 0.717) is 16.0 Å². The van der Waals surface area contributed by atoms with Crippen LogP contribution < -0.4 is 10.6 Å². The molecule has 0 aliphatic heterocycles. The van der Waals surface area contributed by atoms with Crippen LogP contribution in [0.1, 0.15) is 23.4 Å². The van der Waals surface area contributed by atoms with Gasteiger partial charge < -0.3 is 15.4 Å². The Hall–Kier alpha value is -3.04. The number of methoxy groups -OCH3 is 1. The van der Waals surface area contributed by atoms with E-state index in [1.807, 2.05) is 0 Å². The number of ether oxygens (including phenoxy) is 1. The molecule has 2 amide bonds. The van der Waals surface area contributed by atoms with E-state index in [9.17, 15) is 23.2 Å². The number of hydrogen-bond donors (Lipinski definition) is 2. The van der Waals surface area contributed by atoms with Gasteiger partial charge in [0.15, 0.2) is 6.04 Å². The van der Waals surface area contributed by atoms with E-state index >= 15 is 0 Å². The van der Waals surface area contributed by atoms with Crippen LogP contribution >= 0.6 is 22.9 Å². The van der Waals surface area contributed by atoms with Crippen molar-refractivity contribution >= 4 is 50.8 Å². The number of amides is 2. The summed E-state index contributed by atoms with van der Waals surface area (Å²) in [7, 11) is 1.20. The molecule has 0 aliphatic rings. The van der Waals surface area contributed by atoms with E-state index in [0.717, 1.165) is 22.2 Å². The van der Waals surface area contributed by atoms with Crippen molar-refractivity contribution < 1.29 is 27.9 Å². The monoisotopic (exact) mass is 480 g/mol. The largest absolute Gasteiger partial charge is 0.467 e. The molecule has 0 spiro atoms. The van der Waals surface area contributed by atoms with E-state index in [4.69, 9.17) is 16.3 Å². The lowest BCUT2D eigenvalue weighted by atomic mass is 10.1. The molecule has 1 unspecified atom stereocenters. The lowest BCUT2D eigenvalue weighted by molar-refractivity contribution is -0.145. The van der Waals surface area contributed by atoms with Crippen LogP contribution in [-0.2, 0) is 25.5 Å². The second kappa shape index (κ2) is 10.1. The Balaban J connectivity index is 1.69. The molecule has 0 saturated heterocycles. The molecule has 2 aromatic carbocycles. The number of carbonyl (C=O) groups is 3. The first-order valence-electron chi connectivity index (χ1n) is 9.48. The average Bonchev–Trinajstić information content (AvgIpc) is 3.12. The summed E-state index contributed by atoms with van der Waals surface area (Å²) in [5.74, 6) is -3.52. The highest BCUT2D eigenvalue weighted by atomic mass is 35.5. The quantitative estimate of drug-likeness (QED) is 0.502. The van der Waals surface area contributed by atoms with Crippen molar-refractivity contribution in [2.45, 2.75) is 25.4 Å². The Bertz CT molecular complexity index is 1160. The molecule has 1 heterocycles. The average molecular weight is 481 g/mol. The summed E-state index contributed by atoms with van der Waals surface area (Å²) in [6.45, 7) is 1.43. The summed E-state index contributed by atoms with van der Waals surface area (Å²) < 4.78 is 32.3. The van der Waals surface area contributed by atoms with Crippen LogP contribution in [0.4, 0.5) is 8.78 Å². The lowest BCUT2D eigenvalue weighted by Gasteiger charge is -2.19. The minimum absolute atomic E-state index is 0.129. The van der Waals surface area contributed by atoms with Gasteiger partial charge in [-0.25, -0.2) is 13.6 Å². The highest BCUT2D eigenvalue weighted by molar-refractivity contribution is 7.19. The van der Waals surface area contributed by atoms with E-state index < -0.39 is 41.5 Å². The summed E-state index contributed by atoms with van der Waals surface area (Å²) in [4.78, 5) is 37.7. The fourth-order valence-corrected chi connectivity index (χ4v) is 4.33. The second-order valence-electron chi connectivity index (χ2n) is 7.04. The van der Waals surface area contributed by atoms with Crippen LogP contribution in [0.5, 0.6) is 0 Å². The molecule has 10 heteroatoms. The highest BCUT2D eigenvalue weighted by Gasteiger charge is 2.28. The van der Waals surface area contributed by atoms with Crippen LogP contribution in [0.15, 0.2) is 42.5 Å². The molecule has 3 aromatic rings. The van der Waals surface area contributed by atoms with Gasteiger partial charge in [0.25, 0.3) is 0 Å². The number of halogens is 3. The van der Waals surface area contributed by atoms with Gasteiger partial charge in [0.2, 0.25) is 11.8 Å². The third-order valence-electron chi connectivity index (χ3n) is 4.56. The zero-order valence-corrected chi connectivity index (χ0v) is 18.7. The maximum Gasteiger partial charge on any atom is 0.333 e. The van der Waals surface area contributed by atoms with E-state index in [1.54, 1.807) is 24.3 Å². The van der Waals surface area contributed by atoms with Gasteiger partial charge in [0.1, 0.15) is 17.7 Å². The van der Waals surface area contributed by atoms with Crippen molar-refractivity contribution in [3.05, 3.63) is 69.6 Å². The minimum Gasteiger partial charge on any atom is -0.467 e.